The number of anilines is 2. The molecule has 1 fully saturated rings. The molecule has 3 rings (SSSR count). The van der Waals surface area contributed by atoms with Gasteiger partial charge < -0.3 is 5.32 Å². The van der Waals surface area contributed by atoms with Crippen LogP contribution in [0, 0.1) is 0 Å². The standard InChI is InChI=1S/C15H17N3O5S3/c19-14(11-16-26(22,23)15-3-1-9-24-15)17-12-4-6-13(7-5-12)18-8-2-10-25(18,20)21/h1,3-7,9,16H,2,8,10-11H2,(H,17,19). The van der Waals surface area contributed by atoms with E-state index >= 15 is 0 Å². The smallest absolute Gasteiger partial charge is 0.250 e. The molecule has 1 amide bonds. The first-order chi connectivity index (χ1) is 12.3. The van der Waals surface area contributed by atoms with E-state index in [4.69, 9.17) is 0 Å². The van der Waals surface area contributed by atoms with Gasteiger partial charge in [0, 0.05) is 12.2 Å². The van der Waals surface area contributed by atoms with Crippen LogP contribution in [0.3, 0.4) is 0 Å². The monoisotopic (exact) mass is 415 g/mol. The highest BCUT2D eigenvalue weighted by atomic mass is 32.2. The summed E-state index contributed by atoms with van der Waals surface area (Å²) in [5.41, 5.74) is 0.990. The topological polar surface area (TPSA) is 113 Å². The normalized spacial score (nSPS) is 16.5. The molecule has 0 aliphatic carbocycles. The van der Waals surface area contributed by atoms with Crippen molar-refractivity contribution in [2.24, 2.45) is 0 Å². The first kappa shape index (κ1) is 18.8. The fraction of sp³-hybridized carbons (Fsp3) is 0.267. The van der Waals surface area contributed by atoms with Crippen molar-refractivity contribution in [1.82, 2.24) is 4.72 Å². The van der Waals surface area contributed by atoms with Crippen LogP contribution in [0.4, 0.5) is 11.4 Å². The molecular weight excluding hydrogens is 398 g/mol. The highest BCUT2D eigenvalue weighted by Gasteiger charge is 2.28. The number of hydrogen-bond acceptors (Lipinski definition) is 6. The van der Waals surface area contributed by atoms with Crippen molar-refractivity contribution in [3.8, 4) is 0 Å². The predicted octanol–water partition coefficient (Wildman–Crippen LogP) is 1.20. The fourth-order valence-corrected chi connectivity index (χ4v) is 6.08. The predicted molar refractivity (Wildman–Crippen MR) is 100 cm³/mol. The molecule has 2 heterocycles. The quantitative estimate of drug-likeness (QED) is 0.736. The van der Waals surface area contributed by atoms with Crippen molar-refractivity contribution in [2.45, 2.75) is 10.6 Å². The van der Waals surface area contributed by atoms with E-state index in [1.165, 1.54) is 10.4 Å². The van der Waals surface area contributed by atoms with Crippen LogP contribution < -0.4 is 14.3 Å². The summed E-state index contributed by atoms with van der Waals surface area (Å²) < 4.78 is 51.4. The van der Waals surface area contributed by atoms with Crippen LogP contribution in [0.1, 0.15) is 6.42 Å². The second-order valence-electron chi connectivity index (χ2n) is 5.59. The molecule has 0 bridgehead atoms. The van der Waals surface area contributed by atoms with E-state index in [1.807, 2.05) is 0 Å². The first-order valence-electron chi connectivity index (χ1n) is 7.71. The Morgan fingerprint density at radius 1 is 1.19 bits per heavy atom. The Bertz CT molecular complexity index is 984. The SMILES string of the molecule is O=C(CNS(=O)(=O)c1cccs1)Nc1ccc(N2CCCS2(=O)=O)cc1. The summed E-state index contributed by atoms with van der Waals surface area (Å²) in [6, 6.07) is 9.43. The summed E-state index contributed by atoms with van der Waals surface area (Å²) in [6.45, 7) is 0.0427. The summed E-state index contributed by atoms with van der Waals surface area (Å²) >= 11 is 1.06. The molecule has 2 aromatic rings. The Morgan fingerprint density at radius 3 is 2.50 bits per heavy atom. The van der Waals surface area contributed by atoms with E-state index in [0.29, 0.717) is 24.3 Å². The third kappa shape index (κ3) is 4.23. The minimum atomic E-state index is -3.70. The molecule has 8 nitrogen and oxygen atoms in total. The van der Waals surface area contributed by atoms with Gasteiger partial charge >= 0.3 is 0 Å². The molecule has 0 saturated carbocycles. The average molecular weight is 416 g/mol. The van der Waals surface area contributed by atoms with Crippen LogP contribution in [0.25, 0.3) is 0 Å². The van der Waals surface area contributed by atoms with Crippen molar-refractivity contribution >= 4 is 48.7 Å². The lowest BCUT2D eigenvalue weighted by Gasteiger charge is -2.17. The van der Waals surface area contributed by atoms with Crippen molar-refractivity contribution < 1.29 is 21.6 Å². The molecule has 0 radical (unpaired) electrons. The molecule has 0 atom stereocenters. The van der Waals surface area contributed by atoms with Crippen LogP contribution in [0.5, 0.6) is 0 Å². The van der Waals surface area contributed by atoms with Gasteiger partial charge in [-0.2, -0.15) is 0 Å². The molecular formula is C15H17N3O5S3. The molecule has 1 saturated heterocycles. The molecule has 1 aromatic carbocycles. The van der Waals surface area contributed by atoms with E-state index in [1.54, 1.807) is 35.7 Å². The van der Waals surface area contributed by atoms with Crippen LogP contribution >= 0.6 is 11.3 Å². The van der Waals surface area contributed by atoms with Crippen LogP contribution in [0.15, 0.2) is 46.0 Å². The van der Waals surface area contributed by atoms with E-state index in [9.17, 15) is 21.6 Å². The Morgan fingerprint density at radius 2 is 1.92 bits per heavy atom. The van der Waals surface area contributed by atoms with E-state index in [-0.39, 0.29) is 9.96 Å². The number of sulfonamides is 2. The van der Waals surface area contributed by atoms with Gasteiger partial charge in [-0.05, 0) is 42.1 Å². The molecule has 26 heavy (non-hydrogen) atoms. The number of benzene rings is 1. The molecule has 0 spiro atoms. The molecule has 1 aromatic heterocycles. The minimum absolute atomic E-state index is 0.135. The van der Waals surface area contributed by atoms with E-state index in [2.05, 4.69) is 10.0 Å². The zero-order chi connectivity index (χ0) is 18.8. The average Bonchev–Trinajstić information content (AvgIpc) is 3.24. The number of hydrogen-bond donors (Lipinski definition) is 2. The molecule has 2 N–H and O–H groups in total. The third-order valence-corrected chi connectivity index (χ3v) is 8.39. The van der Waals surface area contributed by atoms with E-state index in [0.717, 1.165) is 11.3 Å². The van der Waals surface area contributed by atoms with Crippen molar-refractivity contribution in [3.05, 3.63) is 41.8 Å². The molecule has 11 heteroatoms. The van der Waals surface area contributed by atoms with Gasteiger partial charge in [-0.3, -0.25) is 9.10 Å². The lowest BCUT2D eigenvalue weighted by Crippen LogP contribution is -2.32. The van der Waals surface area contributed by atoms with Crippen molar-refractivity contribution in [2.75, 3.05) is 28.5 Å². The second-order valence-corrected chi connectivity index (χ2v) is 10.5. The summed E-state index contributed by atoms with van der Waals surface area (Å²) in [5.74, 6) is -0.387. The zero-order valence-electron chi connectivity index (χ0n) is 13.6. The van der Waals surface area contributed by atoms with Gasteiger partial charge in [0.2, 0.25) is 15.9 Å². The van der Waals surface area contributed by atoms with Crippen LogP contribution in [-0.4, -0.2) is 41.6 Å². The van der Waals surface area contributed by atoms with Gasteiger partial charge in [-0.15, -0.1) is 11.3 Å². The van der Waals surface area contributed by atoms with Gasteiger partial charge in [0.05, 0.1) is 18.0 Å². The summed E-state index contributed by atoms with van der Waals surface area (Å²) in [7, 11) is -6.95. The van der Waals surface area contributed by atoms with Gasteiger partial charge in [0.25, 0.3) is 10.0 Å². The highest BCUT2D eigenvalue weighted by molar-refractivity contribution is 7.93. The lowest BCUT2D eigenvalue weighted by molar-refractivity contribution is -0.115. The summed E-state index contributed by atoms with van der Waals surface area (Å²) in [6.07, 6.45) is 0.588. The number of rotatable bonds is 6. The highest BCUT2D eigenvalue weighted by Crippen LogP contribution is 2.25. The molecule has 0 unspecified atom stereocenters. The van der Waals surface area contributed by atoms with Crippen LogP contribution in [0.2, 0.25) is 0 Å². The van der Waals surface area contributed by atoms with Gasteiger partial charge in [-0.25, -0.2) is 21.6 Å². The van der Waals surface area contributed by atoms with E-state index < -0.39 is 32.5 Å². The summed E-state index contributed by atoms with van der Waals surface area (Å²) in [4.78, 5) is 11.9. The zero-order valence-corrected chi connectivity index (χ0v) is 16.0. The fourth-order valence-electron chi connectivity index (χ4n) is 2.49. The maximum absolute atomic E-state index is 12.0. The lowest BCUT2D eigenvalue weighted by atomic mass is 10.2. The van der Waals surface area contributed by atoms with Crippen molar-refractivity contribution in [3.63, 3.8) is 0 Å². The number of thiophene rings is 1. The first-order valence-corrected chi connectivity index (χ1v) is 11.7. The van der Waals surface area contributed by atoms with Gasteiger partial charge in [-0.1, -0.05) is 6.07 Å². The Hall–Kier alpha value is -1.95. The Labute approximate surface area is 155 Å². The Balaban J connectivity index is 1.58. The largest absolute Gasteiger partial charge is 0.325 e. The van der Waals surface area contributed by atoms with Gasteiger partial charge in [0.1, 0.15) is 4.21 Å². The number of amides is 1. The molecule has 140 valence electrons. The molecule has 1 aliphatic rings. The summed E-state index contributed by atoms with van der Waals surface area (Å²) in [5, 5.41) is 4.20. The minimum Gasteiger partial charge on any atom is -0.325 e. The third-order valence-electron chi connectivity index (χ3n) is 3.72. The number of nitrogens with zero attached hydrogens (tertiary/aromatic N) is 1. The number of carbonyl (C=O) groups excluding carboxylic acids is 1. The molecule has 1 aliphatic heterocycles. The second kappa shape index (κ2) is 7.35. The van der Waals surface area contributed by atoms with Crippen molar-refractivity contribution in [1.29, 1.82) is 0 Å². The number of nitrogens with one attached hydrogen (secondary N) is 2. The van der Waals surface area contributed by atoms with Crippen LogP contribution in [-0.2, 0) is 24.8 Å². The maximum Gasteiger partial charge on any atom is 0.250 e. The maximum atomic E-state index is 12.0. The Kier molecular flexibility index (Phi) is 5.32. The number of carbonyl (C=O) groups is 1. The van der Waals surface area contributed by atoms with Gasteiger partial charge in [0.15, 0.2) is 0 Å².